The number of nitrogens with zero attached hydrogens (tertiary/aromatic N) is 2. The van der Waals surface area contributed by atoms with Gasteiger partial charge in [-0.25, -0.2) is 0 Å². The molecule has 0 aliphatic rings. The second-order valence-electron chi connectivity index (χ2n) is 4.27. The molecule has 0 saturated carbocycles. The average Bonchev–Trinajstić information content (AvgIpc) is 2.82. The molecule has 0 unspecified atom stereocenters. The molecule has 0 bridgehead atoms. The lowest BCUT2D eigenvalue weighted by Crippen LogP contribution is -2.08. The maximum absolute atomic E-state index is 4.56. The molecule has 0 radical (unpaired) electrons. The first-order valence-electron chi connectivity index (χ1n) is 6.38. The number of aryl methyl sites for hydroxylation is 2. The predicted octanol–water partition coefficient (Wildman–Crippen LogP) is 4.60. The Morgan fingerprint density at radius 1 is 1.21 bits per heavy atom. The van der Waals surface area contributed by atoms with Gasteiger partial charge in [0, 0.05) is 21.2 Å². The summed E-state index contributed by atoms with van der Waals surface area (Å²) in [5.41, 5.74) is 3.44. The van der Waals surface area contributed by atoms with Gasteiger partial charge >= 0.3 is 0 Å². The summed E-state index contributed by atoms with van der Waals surface area (Å²) in [5.74, 6) is 0. The van der Waals surface area contributed by atoms with E-state index < -0.39 is 0 Å². The summed E-state index contributed by atoms with van der Waals surface area (Å²) in [6.07, 6.45) is 0.973. The molecule has 0 aliphatic heterocycles. The third kappa shape index (κ3) is 3.60. The highest BCUT2D eigenvalue weighted by Crippen LogP contribution is 2.26. The van der Waals surface area contributed by atoms with Gasteiger partial charge in [-0.05, 0) is 53.5 Å². The van der Waals surface area contributed by atoms with Crippen LogP contribution < -0.4 is 5.32 Å². The van der Waals surface area contributed by atoms with Crippen LogP contribution in [-0.4, -0.2) is 9.78 Å². The Hall–Kier alpha value is -0.810. The SMILES string of the molecule is CCc1cc(CNc2cc(Br)ccc2Br)n(CC)n1. The second kappa shape index (κ2) is 6.57. The maximum Gasteiger partial charge on any atom is 0.0625 e. The number of nitrogens with one attached hydrogen (secondary N) is 1. The van der Waals surface area contributed by atoms with Gasteiger partial charge in [0.05, 0.1) is 17.9 Å². The molecular formula is C14H17Br2N3. The summed E-state index contributed by atoms with van der Waals surface area (Å²) in [4.78, 5) is 0. The monoisotopic (exact) mass is 385 g/mol. The van der Waals surface area contributed by atoms with Crippen molar-refractivity contribution in [2.45, 2.75) is 33.4 Å². The Bertz CT molecular complexity index is 564. The fourth-order valence-corrected chi connectivity index (χ4v) is 2.67. The van der Waals surface area contributed by atoms with Gasteiger partial charge in [0.25, 0.3) is 0 Å². The lowest BCUT2D eigenvalue weighted by molar-refractivity contribution is 0.619. The smallest absolute Gasteiger partial charge is 0.0625 e. The van der Waals surface area contributed by atoms with Crippen LogP contribution in [0.3, 0.4) is 0 Å². The number of hydrogen-bond donors (Lipinski definition) is 1. The molecule has 102 valence electrons. The molecule has 19 heavy (non-hydrogen) atoms. The first kappa shape index (κ1) is 14.6. The van der Waals surface area contributed by atoms with Crippen molar-refractivity contribution in [2.24, 2.45) is 0 Å². The molecule has 0 atom stereocenters. The molecule has 1 aromatic carbocycles. The van der Waals surface area contributed by atoms with Crippen LogP contribution in [0.25, 0.3) is 0 Å². The molecule has 0 fully saturated rings. The number of benzene rings is 1. The zero-order valence-corrected chi connectivity index (χ0v) is 14.3. The predicted molar refractivity (Wildman–Crippen MR) is 86.4 cm³/mol. The Labute approximate surface area is 130 Å². The van der Waals surface area contributed by atoms with Gasteiger partial charge in [0.2, 0.25) is 0 Å². The van der Waals surface area contributed by atoms with Gasteiger partial charge in [-0.1, -0.05) is 22.9 Å². The summed E-state index contributed by atoms with van der Waals surface area (Å²) >= 11 is 7.04. The molecule has 0 amide bonds. The van der Waals surface area contributed by atoms with Gasteiger partial charge in [-0.2, -0.15) is 5.10 Å². The van der Waals surface area contributed by atoms with E-state index in [1.54, 1.807) is 0 Å². The van der Waals surface area contributed by atoms with Gasteiger partial charge < -0.3 is 5.32 Å². The van der Waals surface area contributed by atoms with Gasteiger partial charge in [0.15, 0.2) is 0 Å². The number of rotatable bonds is 5. The summed E-state index contributed by atoms with van der Waals surface area (Å²) in [6.45, 7) is 5.92. The van der Waals surface area contributed by atoms with E-state index in [2.05, 4.69) is 72.9 Å². The summed E-state index contributed by atoms with van der Waals surface area (Å²) in [6, 6.07) is 8.28. The van der Waals surface area contributed by atoms with Crippen LogP contribution in [0, 0.1) is 0 Å². The minimum Gasteiger partial charge on any atom is -0.378 e. The molecule has 3 nitrogen and oxygen atoms in total. The van der Waals surface area contributed by atoms with Gasteiger partial charge in [-0.15, -0.1) is 0 Å². The number of anilines is 1. The lowest BCUT2D eigenvalue weighted by atomic mass is 10.3. The van der Waals surface area contributed by atoms with E-state index in [0.29, 0.717) is 0 Å². The highest BCUT2D eigenvalue weighted by molar-refractivity contribution is 9.11. The van der Waals surface area contributed by atoms with Crippen LogP contribution in [0.2, 0.25) is 0 Å². The molecule has 1 aromatic heterocycles. The van der Waals surface area contributed by atoms with E-state index in [4.69, 9.17) is 0 Å². The fraction of sp³-hybridized carbons (Fsp3) is 0.357. The van der Waals surface area contributed by atoms with Crippen molar-refractivity contribution in [3.8, 4) is 0 Å². The second-order valence-corrected chi connectivity index (χ2v) is 6.04. The van der Waals surface area contributed by atoms with E-state index in [1.165, 1.54) is 5.69 Å². The average molecular weight is 387 g/mol. The molecule has 1 heterocycles. The first-order valence-corrected chi connectivity index (χ1v) is 7.97. The number of hydrogen-bond acceptors (Lipinski definition) is 2. The molecule has 0 spiro atoms. The van der Waals surface area contributed by atoms with E-state index in [1.807, 2.05) is 12.1 Å². The van der Waals surface area contributed by atoms with Crippen molar-refractivity contribution in [3.05, 3.63) is 44.6 Å². The summed E-state index contributed by atoms with van der Waals surface area (Å²) in [7, 11) is 0. The van der Waals surface area contributed by atoms with Crippen molar-refractivity contribution in [3.63, 3.8) is 0 Å². The number of halogens is 2. The van der Waals surface area contributed by atoms with E-state index >= 15 is 0 Å². The van der Waals surface area contributed by atoms with E-state index in [9.17, 15) is 0 Å². The lowest BCUT2D eigenvalue weighted by Gasteiger charge is -2.10. The van der Waals surface area contributed by atoms with E-state index in [-0.39, 0.29) is 0 Å². The van der Waals surface area contributed by atoms with Crippen LogP contribution >= 0.6 is 31.9 Å². The molecule has 1 N–H and O–H groups in total. The van der Waals surface area contributed by atoms with Crippen molar-refractivity contribution >= 4 is 37.5 Å². The largest absolute Gasteiger partial charge is 0.378 e. The topological polar surface area (TPSA) is 29.9 Å². The van der Waals surface area contributed by atoms with Crippen LogP contribution in [-0.2, 0) is 19.5 Å². The molecule has 2 aromatic rings. The van der Waals surface area contributed by atoms with Crippen molar-refractivity contribution in [2.75, 3.05) is 5.32 Å². The first-order chi connectivity index (χ1) is 9.13. The summed E-state index contributed by atoms with van der Waals surface area (Å²) in [5, 5.41) is 8.00. The highest BCUT2D eigenvalue weighted by atomic mass is 79.9. The maximum atomic E-state index is 4.56. The van der Waals surface area contributed by atoms with Crippen LogP contribution in [0.4, 0.5) is 5.69 Å². The molecule has 0 saturated heterocycles. The van der Waals surface area contributed by atoms with Crippen molar-refractivity contribution in [1.82, 2.24) is 9.78 Å². The molecule has 2 rings (SSSR count). The van der Waals surface area contributed by atoms with Gasteiger partial charge in [0.1, 0.15) is 0 Å². The van der Waals surface area contributed by atoms with Crippen LogP contribution in [0.1, 0.15) is 25.2 Å². The van der Waals surface area contributed by atoms with Crippen LogP contribution in [0.15, 0.2) is 33.2 Å². The van der Waals surface area contributed by atoms with Crippen LogP contribution in [0.5, 0.6) is 0 Å². The Morgan fingerprint density at radius 2 is 2.00 bits per heavy atom. The van der Waals surface area contributed by atoms with Crippen molar-refractivity contribution < 1.29 is 0 Å². The highest BCUT2D eigenvalue weighted by Gasteiger charge is 2.06. The third-order valence-electron chi connectivity index (χ3n) is 2.96. The Balaban J connectivity index is 2.13. The standard InChI is InChI=1S/C14H17Br2N3/c1-3-11-8-12(19(4-2)18-11)9-17-14-7-10(15)5-6-13(14)16/h5-8,17H,3-4,9H2,1-2H3. The van der Waals surface area contributed by atoms with E-state index in [0.717, 1.165) is 39.8 Å². The molecule has 5 heteroatoms. The van der Waals surface area contributed by atoms with Gasteiger partial charge in [-0.3, -0.25) is 4.68 Å². The molecular weight excluding hydrogens is 370 g/mol. The Morgan fingerprint density at radius 3 is 2.68 bits per heavy atom. The Kier molecular flexibility index (Phi) is 5.05. The van der Waals surface area contributed by atoms with Crippen molar-refractivity contribution in [1.29, 1.82) is 0 Å². The fourth-order valence-electron chi connectivity index (χ4n) is 1.92. The summed E-state index contributed by atoms with van der Waals surface area (Å²) < 4.78 is 4.18. The zero-order chi connectivity index (χ0) is 13.8. The number of aromatic nitrogens is 2. The third-order valence-corrected chi connectivity index (χ3v) is 4.15. The quantitative estimate of drug-likeness (QED) is 0.813. The minimum absolute atomic E-state index is 0.774. The zero-order valence-electron chi connectivity index (χ0n) is 11.1. The normalized spacial score (nSPS) is 10.7. The minimum atomic E-state index is 0.774. The molecule has 0 aliphatic carbocycles.